The van der Waals surface area contributed by atoms with Crippen molar-refractivity contribution in [3.05, 3.63) is 77.1 Å². The van der Waals surface area contributed by atoms with Gasteiger partial charge < -0.3 is 10.1 Å². The normalized spacial score (nSPS) is 12.6. The number of hydrogen-bond acceptors (Lipinski definition) is 5. The summed E-state index contributed by atoms with van der Waals surface area (Å²) in [6.07, 6.45) is 5.61. The third kappa shape index (κ3) is 3.68. The van der Waals surface area contributed by atoms with Gasteiger partial charge in [0, 0.05) is 18.8 Å². The third-order valence-electron chi connectivity index (χ3n) is 3.74. The fraction of sp³-hybridized carbons (Fsp3) is 0.100. The Hall–Kier alpha value is -3.72. The van der Waals surface area contributed by atoms with E-state index in [1.165, 1.54) is 6.92 Å². The van der Waals surface area contributed by atoms with Gasteiger partial charge in [-0.1, -0.05) is 12.1 Å². The Morgan fingerprint density at radius 2 is 2.00 bits per heavy atom. The van der Waals surface area contributed by atoms with Crippen LogP contribution >= 0.6 is 0 Å². The Bertz CT molecular complexity index is 967. The van der Waals surface area contributed by atoms with Gasteiger partial charge in [-0.2, -0.15) is 5.26 Å². The minimum atomic E-state index is -0.532. The van der Waals surface area contributed by atoms with Gasteiger partial charge in [-0.25, -0.2) is 0 Å². The maximum atomic E-state index is 12.8. The smallest absolute Gasteiger partial charge is 0.308 e. The molecule has 0 spiro atoms. The maximum absolute atomic E-state index is 12.8. The Labute approximate surface area is 150 Å². The lowest BCUT2D eigenvalue weighted by molar-refractivity contribution is -0.134. The highest BCUT2D eigenvalue weighted by Gasteiger charge is 2.23. The molecule has 1 heterocycles. The van der Waals surface area contributed by atoms with Crippen LogP contribution < -0.4 is 5.32 Å². The number of nitrogens with one attached hydrogen (secondary N) is 1. The molecule has 0 aliphatic heterocycles. The number of aromatic nitrogens is 1. The topological polar surface area (TPSA) is 92.1 Å². The molecule has 1 amide bonds. The van der Waals surface area contributed by atoms with Gasteiger partial charge in [-0.15, -0.1) is 0 Å². The van der Waals surface area contributed by atoms with Gasteiger partial charge >= 0.3 is 5.97 Å². The predicted molar refractivity (Wildman–Crippen MR) is 95.6 cm³/mol. The zero-order chi connectivity index (χ0) is 18.5. The number of pyridine rings is 1. The van der Waals surface area contributed by atoms with Gasteiger partial charge in [-0.05, 0) is 48.4 Å². The first kappa shape index (κ1) is 17.1. The first-order chi connectivity index (χ1) is 12.6. The molecule has 1 aliphatic rings. The number of ether oxygens (including phenoxy) is 1. The van der Waals surface area contributed by atoms with Gasteiger partial charge in [0.15, 0.2) is 5.76 Å². The zero-order valence-electron chi connectivity index (χ0n) is 14.0. The van der Waals surface area contributed by atoms with Gasteiger partial charge in [0.2, 0.25) is 0 Å². The van der Waals surface area contributed by atoms with Crippen LogP contribution in [0.15, 0.2) is 60.3 Å². The number of nitrogens with zero attached hydrogens (tertiary/aromatic N) is 2. The van der Waals surface area contributed by atoms with Gasteiger partial charge in [0.05, 0.1) is 17.2 Å². The maximum Gasteiger partial charge on any atom is 0.308 e. The van der Waals surface area contributed by atoms with Crippen molar-refractivity contribution >= 4 is 23.3 Å². The highest BCUT2D eigenvalue weighted by Crippen LogP contribution is 2.27. The molecule has 0 saturated heterocycles. The summed E-state index contributed by atoms with van der Waals surface area (Å²) in [5, 5.41) is 11.6. The molecule has 1 aromatic heterocycles. The quantitative estimate of drug-likeness (QED) is 0.864. The molecular weight excluding hydrogens is 330 g/mol. The monoisotopic (exact) mass is 345 g/mol. The minimum Gasteiger partial charge on any atom is -0.424 e. The van der Waals surface area contributed by atoms with E-state index in [0.717, 1.165) is 5.56 Å². The molecule has 0 atom stereocenters. The molecule has 26 heavy (non-hydrogen) atoms. The van der Waals surface area contributed by atoms with Crippen LogP contribution in [-0.4, -0.2) is 16.9 Å². The van der Waals surface area contributed by atoms with Crippen molar-refractivity contribution in [2.45, 2.75) is 13.3 Å². The van der Waals surface area contributed by atoms with Crippen LogP contribution in [0.4, 0.5) is 5.69 Å². The second-order valence-corrected chi connectivity index (χ2v) is 5.60. The number of nitriles is 1. The second kappa shape index (κ2) is 7.45. The van der Waals surface area contributed by atoms with Gasteiger partial charge in [-0.3, -0.25) is 14.6 Å². The number of rotatable bonds is 3. The Balaban J connectivity index is 2.00. The number of amides is 1. The molecule has 1 aromatic carbocycles. The van der Waals surface area contributed by atoms with Crippen molar-refractivity contribution in [2.24, 2.45) is 0 Å². The van der Waals surface area contributed by atoms with Crippen molar-refractivity contribution in [3.8, 4) is 6.07 Å². The van der Waals surface area contributed by atoms with E-state index in [0.29, 0.717) is 23.4 Å². The van der Waals surface area contributed by atoms with E-state index >= 15 is 0 Å². The summed E-state index contributed by atoms with van der Waals surface area (Å²) < 4.78 is 5.33. The molecule has 128 valence electrons. The lowest BCUT2D eigenvalue weighted by Gasteiger charge is -2.13. The number of allylic oxidation sites excluding steroid dienone is 1. The third-order valence-corrected chi connectivity index (χ3v) is 3.74. The average molecular weight is 345 g/mol. The van der Waals surface area contributed by atoms with Gasteiger partial charge in [0.25, 0.3) is 5.91 Å². The van der Waals surface area contributed by atoms with Crippen LogP contribution in [-0.2, 0) is 20.7 Å². The number of hydrogen-bond donors (Lipinski definition) is 1. The number of benzene rings is 1. The summed E-state index contributed by atoms with van der Waals surface area (Å²) in [5.74, 6) is -0.829. The first-order valence-corrected chi connectivity index (χ1v) is 7.93. The summed E-state index contributed by atoms with van der Waals surface area (Å²) in [6, 6.07) is 12.2. The molecule has 1 aliphatic carbocycles. The minimum absolute atomic E-state index is 0.132. The zero-order valence-corrected chi connectivity index (χ0v) is 14.0. The van der Waals surface area contributed by atoms with E-state index in [4.69, 9.17) is 10.00 Å². The molecule has 0 saturated carbocycles. The summed E-state index contributed by atoms with van der Waals surface area (Å²) in [6.45, 7) is 1.28. The van der Waals surface area contributed by atoms with Crippen LogP contribution in [0.1, 0.15) is 23.7 Å². The summed E-state index contributed by atoms with van der Waals surface area (Å²) in [7, 11) is 0. The van der Waals surface area contributed by atoms with E-state index in [-0.39, 0.29) is 11.3 Å². The van der Waals surface area contributed by atoms with Crippen LogP contribution in [0, 0.1) is 11.3 Å². The van der Waals surface area contributed by atoms with E-state index in [9.17, 15) is 9.59 Å². The number of carbonyl (C=O) groups excluding carboxylic acids is 2. The van der Waals surface area contributed by atoms with Crippen molar-refractivity contribution in [1.29, 1.82) is 5.26 Å². The Morgan fingerprint density at radius 1 is 1.23 bits per heavy atom. The number of fused-ring (bicyclic) bond motifs is 1. The van der Waals surface area contributed by atoms with E-state index in [2.05, 4.69) is 10.3 Å². The Morgan fingerprint density at radius 3 is 2.69 bits per heavy atom. The molecule has 6 heteroatoms. The average Bonchev–Trinajstić information content (AvgIpc) is 2.82. The first-order valence-electron chi connectivity index (χ1n) is 7.93. The highest BCUT2D eigenvalue weighted by molar-refractivity contribution is 6.11. The molecule has 2 aromatic rings. The SMILES string of the molecule is CC(=O)OC1=C(C(=O)Nc2ccc(C#N)cc2)C=CCc2cccnc21. The summed E-state index contributed by atoms with van der Waals surface area (Å²) >= 11 is 0. The summed E-state index contributed by atoms with van der Waals surface area (Å²) in [4.78, 5) is 28.6. The molecule has 1 N–H and O–H groups in total. The van der Waals surface area contributed by atoms with Crippen molar-refractivity contribution in [2.75, 3.05) is 5.32 Å². The van der Waals surface area contributed by atoms with E-state index < -0.39 is 11.9 Å². The highest BCUT2D eigenvalue weighted by atomic mass is 16.5. The molecule has 0 bridgehead atoms. The second-order valence-electron chi connectivity index (χ2n) is 5.60. The molecule has 0 unspecified atom stereocenters. The Kier molecular flexibility index (Phi) is 4.90. The predicted octanol–water partition coefficient (Wildman–Crippen LogP) is 2.98. The standard InChI is InChI=1S/C20H15N3O3/c1-13(24)26-19-17(6-2-4-15-5-3-11-22-18(15)19)20(25)23-16-9-7-14(12-21)8-10-16/h2-3,5-11H,4H2,1H3,(H,23,25). The van der Waals surface area contributed by atoms with Crippen LogP contribution in [0.3, 0.4) is 0 Å². The lowest BCUT2D eigenvalue weighted by Crippen LogP contribution is -2.16. The van der Waals surface area contributed by atoms with E-state index in [1.807, 2.05) is 18.2 Å². The van der Waals surface area contributed by atoms with Gasteiger partial charge in [0.1, 0.15) is 5.69 Å². The number of anilines is 1. The fourth-order valence-corrected chi connectivity index (χ4v) is 2.57. The van der Waals surface area contributed by atoms with Crippen molar-refractivity contribution in [1.82, 2.24) is 4.98 Å². The molecule has 0 radical (unpaired) electrons. The largest absolute Gasteiger partial charge is 0.424 e. The van der Waals surface area contributed by atoms with Crippen molar-refractivity contribution < 1.29 is 14.3 Å². The summed E-state index contributed by atoms with van der Waals surface area (Å²) in [5.41, 5.74) is 2.57. The van der Waals surface area contributed by atoms with Crippen LogP contribution in [0.5, 0.6) is 0 Å². The molecule has 6 nitrogen and oxygen atoms in total. The number of carbonyl (C=O) groups is 2. The van der Waals surface area contributed by atoms with Crippen LogP contribution in [0.2, 0.25) is 0 Å². The van der Waals surface area contributed by atoms with E-state index in [1.54, 1.807) is 42.6 Å². The van der Waals surface area contributed by atoms with Crippen LogP contribution in [0.25, 0.3) is 5.76 Å². The fourth-order valence-electron chi connectivity index (χ4n) is 2.57. The number of esters is 1. The molecule has 0 fully saturated rings. The lowest BCUT2D eigenvalue weighted by atomic mass is 10.1. The van der Waals surface area contributed by atoms with Crippen molar-refractivity contribution in [3.63, 3.8) is 0 Å². The molecule has 3 rings (SSSR count). The molecular formula is C20H15N3O3.